The van der Waals surface area contributed by atoms with Crippen molar-refractivity contribution in [3.8, 4) is 0 Å². The van der Waals surface area contributed by atoms with E-state index in [-0.39, 0.29) is 17.5 Å². The van der Waals surface area contributed by atoms with Crippen molar-refractivity contribution in [2.75, 3.05) is 13.1 Å². The molecule has 4 nitrogen and oxygen atoms in total. The highest BCUT2D eigenvalue weighted by molar-refractivity contribution is 5.99. The number of ketones is 1. The molecule has 1 fully saturated rings. The number of carbonyl (C=O) groups is 1. The van der Waals surface area contributed by atoms with E-state index in [1.165, 1.54) is 12.1 Å². The van der Waals surface area contributed by atoms with Crippen LogP contribution in [0.25, 0.3) is 10.9 Å². The zero-order valence-electron chi connectivity index (χ0n) is 13.7. The maximum atomic E-state index is 13.5. The second-order valence-electron chi connectivity index (χ2n) is 6.86. The summed E-state index contributed by atoms with van der Waals surface area (Å²) in [5.74, 6) is -0.0911. The molecule has 0 aliphatic carbocycles. The Morgan fingerprint density at radius 1 is 1.30 bits per heavy atom. The van der Waals surface area contributed by atoms with Crippen LogP contribution in [-0.4, -0.2) is 29.9 Å². The number of fused-ring (bicyclic) bond motifs is 1. The smallest absolute Gasteiger partial charge is 0.160 e. The third kappa shape index (κ3) is 2.68. The molecule has 0 saturated carbocycles. The number of hydrogen-bond acceptors (Lipinski definition) is 3. The van der Waals surface area contributed by atoms with Gasteiger partial charge in [0.25, 0.3) is 0 Å². The lowest BCUT2D eigenvalue weighted by Crippen LogP contribution is -2.53. The number of benzene rings is 1. The molecule has 0 radical (unpaired) electrons. The van der Waals surface area contributed by atoms with Gasteiger partial charge in [0.2, 0.25) is 0 Å². The van der Waals surface area contributed by atoms with E-state index in [9.17, 15) is 9.18 Å². The van der Waals surface area contributed by atoms with Crippen molar-refractivity contribution >= 4 is 16.7 Å². The summed E-state index contributed by atoms with van der Waals surface area (Å²) in [5.41, 5.74) is 7.30. The first kappa shape index (κ1) is 16.1. The molecular formula is C18H24FN3O. The van der Waals surface area contributed by atoms with E-state index < -0.39 is 11.5 Å². The van der Waals surface area contributed by atoms with Crippen LogP contribution in [0.1, 0.15) is 32.3 Å². The minimum absolute atomic E-state index is 0.0944. The molecule has 0 unspecified atom stereocenters. The van der Waals surface area contributed by atoms with Crippen molar-refractivity contribution in [2.24, 2.45) is 11.7 Å². The summed E-state index contributed by atoms with van der Waals surface area (Å²) in [6.07, 6.45) is 3.30. The fraction of sp³-hybridized carbons (Fsp3) is 0.500. The number of Topliss-reactive ketones (excluding diaryl/α,β-unsaturated/α-hetero) is 1. The lowest BCUT2D eigenvalue weighted by atomic mass is 9.67. The highest BCUT2D eigenvalue weighted by Crippen LogP contribution is 2.40. The van der Waals surface area contributed by atoms with Gasteiger partial charge in [0.05, 0.1) is 11.5 Å². The van der Waals surface area contributed by atoms with Crippen LogP contribution in [0.3, 0.4) is 0 Å². The van der Waals surface area contributed by atoms with Crippen LogP contribution in [-0.2, 0) is 10.2 Å². The Bertz CT molecular complexity index is 716. The largest absolute Gasteiger partial charge is 0.361 e. The third-order valence-corrected chi connectivity index (χ3v) is 5.11. The molecule has 0 bridgehead atoms. The van der Waals surface area contributed by atoms with Crippen LogP contribution in [0.2, 0.25) is 0 Å². The summed E-state index contributed by atoms with van der Waals surface area (Å²) >= 11 is 0. The van der Waals surface area contributed by atoms with Gasteiger partial charge in [0.15, 0.2) is 5.78 Å². The maximum absolute atomic E-state index is 13.5. The van der Waals surface area contributed by atoms with Crippen molar-refractivity contribution in [3.05, 3.63) is 35.8 Å². The summed E-state index contributed by atoms with van der Waals surface area (Å²) < 4.78 is 13.5. The van der Waals surface area contributed by atoms with Crippen LogP contribution >= 0.6 is 0 Å². The molecule has 23 heavy (non-hydrogen) atoms. The van der Waals surface area contributed by atoms with Gasteiger partial charge in [-0.3, -0.25) is 4.79 Å². The molecule has 0 spiro atoms. The third-order valence-electron chi connectivity index (χ3n) is 5.11. The highest BCUT2D eigenvalue weighted by atomic mass is 19.1. The Kier molecular flexibility index (Phi) is 4.25. The predicted octanol–water partition coefficient (Wildman–Crippen LogP) is 2.48. The zero-order chi connectivity index (χ0) is 16.6. The molecule has 2 aromatic rings. The van der Waals surface area contributed by atoms with Gasteiger partial charge in [-0.1, -0.05) is 13.8 Å². The molecule has 1 saturated heterocycles. The van der Waals surface area contributed by atoms with Gasteiger partial charge < -0.3 is 16.0 Å². The number of hydrogen-bond donors (Lipinski definition) is 3. The standard InChI is InChI=1S/C18H24FN3O/c1-11(2)16(20)17(23)18(5-7-21-8-6-18)14-10-22-15-9-12(19)3-4-13(14)15/h3-4,9-11,16,21-22H,5-8,20H2,1-2H3/t16-/m0/s1. The number of carbonyl (C=O) groups excluding carboxylic acids is 1. The van der Waals surface area contributed by atoms with E-state index in [0.29, 0.717) is 0 Å². The Hall–Kier alpha value is -1.72. The molecule has 3 rings (SSSR count). The lowest BCUT2D eigenvalue weighted by Gasteiger charge is -2.38. The van der Waals surface area contributed by atoms with Gasteiger partial charge in [0, 0.05) is 17.1 Å². The minimum atomic E-state index is -0.592. The molecule has 5 heteroatoms. The number of H-pyrrole nitrogens is 1. The topological polar surface area (TPSA) is 70.9 Å². The molecule has 4 N–H and O–H groups in total. The fourth-order valence-corrected chi connectivity index (χ4v) is 3.62. The Morgan fingerprint density at radius 2 is 2.00 bits per heavy atom. The SMILES string of the molecule is CC(C)[C@H](N)C(=O)C1(c2c[nH]c3cc(F)ccc23)CCNCC1. The summed E-state index contributed by atoms with van der Waals surface area (Å²) in [7, 11) is 0. The number of rotatable bonds is 4. The quantitative estimate of drug-likeness (QED) is 0.811. The maximum Gasteiger partial charge on any atom is 0.160 e. The van der Waals surface area contributed by atoms with Crippen molar-refractivity contribution in [1.82, 2.24) is 10.3 Å². The number of halogens is 1. The van der Waals surface area contributed by atoms with Gasteiger partial charge in [0.1, 0.15) is 5.82 Å². The molecule has 124 valence electrons. The van der Waals surface area contributed by atoms with E-state index in [4.69, 9.17) is 5.73 Å². The second-order valence-corrected chi connectivity index (χ2v) is 6.86. The van der Waals surface area contributed by atoms with Crippen molar-refractivity contribution in [1.29, 1.82) is 0 Å². The van der Waals surface area contributed by atoms with E-state index >= 15 is 0 Å². The fourth-order valence-electron chi connectivity index (χ4n) is 3.62. The summed E-state index contributed by atoms with van der Waals surface area (Å²) in [4.78, 5) is 16.4. The molecule has 1 atom stereocenters. The number of piperidine rings is 1. The van der Waals surface area contributed by atoms with Crippen LogP contribution in [0.15, 0.2) is 24.4 Å². The molecule has 1 aliphatic heterocycles. The summed E-state index contributed by atoms with van der Waals surface area (Å²) in [5, 5.41) is 4.23. The zero-order valence-corrected chi connectivity index (χ0v) is 13.7. The van der Waals surface area contributed by atoms with E-state index in [0.717, 1.165) is 42.4 Å². The van der Waals surface area contributed by atoms with Crippen LogP contribution < -0.4 is 11.1 Å². The first-order valence-electron chi connectivity index (χ1n) is 8.23. The van der Waals surface area contributed by atoms with Crippen molar-refractivity contribution in [2.45, 2.75) is 38.1 Å². The molecular weight excluding hydrogens is 293 g/mol. The first-order chi connectivity index (χ1) is 11.0. The molecule has 1 aliphatic rings. The van der Waals surface area contributed by atoms with Gasteiger partial charge in [-0.25, -0.2) is 4.39 Å². The van der Waals surface area contributed by atoms with Crippen molar-refractivity contribution < 1.29 is 9.18 Å². The predicted molar refractivity (Wildman–Crippen MR) is 89.9 cm³/mol. The van der Waals surface area contributed by atoms with Crippen LogP contribution in [0.4, 0.5) is 4.39 Å². The van der Waals surface area contributed by atoms with Gasteiger partial charge in [-0.2, -0.15) is 0 Å². The monoisotopic (exact) mass is 317 g/mol. The Morgan fingerprint density at radius 3 is 2.65 bits per heavy atom. The number of aromatic nitrogens is 1. The Labute approximate surface area is 135 Å². The average Bonchev–Trinajstić information content (AvgIpc) is 2.97. The molecule has 1 aromatic carbocycles. The lowest BCUT2D eigenvalue weighted by molar-refractivity contribution is -0.127. The van der Waals surface area contributed by atoms with Gasteiger partial charge in [-0.15, -0.1) is 0 Å². The number of nitrogens with two attached hydrogens (primary N) is 1. The van der Waals surface area contributed by atoms with Gasteiger partial charge in [-0.05, 0) is 55.6 Å². The first-order valence-corrected chi connectivity index (χ1v) is 8.23. The summed E-state index contributed by atoms with van der Waals surface area (Å²) in [6.45, 7) is 5.51. The van der Waals surface area contributed by atoms with Crippen molar-refractivity contribution in [3.63, 3.8) is 0 Å². The molecule has 0 amide bonds. The van der Waals surface area contributed by atoms with Gasteiger partial charge >= 0.3 is 0 Å². The minimum Gasteiger partial charge on any atom is -0.361 e. The van der Waals surface area contributed by atoms with Crippen LogP contribution in [0.5, 0.6) is 0 Å². The highest BCUT2D eigenvalue weighted by Gasteiger charge is 2.45. The number of nitrogens with one attached hydrogen (secondary N) is 2. The summed E-state index contributed by atoms with van der Waals surface area (Å²) in [6, 6.07) is 4.19. The van der Waals surface area contributed by atoms with E-state index in [1.54, 1.807) is 6.07 Å². The van der Waals surface area contributed by atoms with E-state index in [2.05, 4.69) is 10.3 Å². The Balaban J connectivity index is 2.13. The van der Waals surface area contributed by atoms with E-state index in [1.807, 2.05) is 20.0 Å². The average molecular weight is 317 g/mol. The number of aromatic amines is 1. The second kappa shape index (κ2) is 6.06. The molecule has 2 heterocycles. The normalized spacial score (nSPS) is 19.2. The van der Waals surface area contributed by atoms with Crippen LogP contribution in [0, 0.1) is 11.7 Å². The molecule has 1 aromatic heterocycles.